The topological polar surface area (TPSA) is 47.3 Å². The van der Waals surface area contributed by atoms with Crippen molar-refractivity contribution in [2.75, 3.05) is 11.9 Å². The Balaban J connectivity index is 2.92. The summed E-state index contributed by atoms with van der Waals surface area (Å²) in [5.41, 5.74) is 3.15. The first-order valence-electron chi connectivity index (χ1n) is 5.40. The molecule has 0 amide bonds. The van der Waals surface area contributed by atoms with Crippen molar-refractivity contribution in [3.8, 4) is 6.07 Å². The highest BCUT2D eigenvalue weighted by Gasteiger charge is 2.11. The van der Waals surface area contributed by atoms with Gasteiger partial charge in [-0.05, 0) is 31.0 Å². The van der Waals surface area contributed by atoms with Crippen molar-refractivity contribution >= 4 is 5.69 Å². The van der Waals surface area contributed by atoms with E-state index in [1.54, 1.807) is 0 Å². The molecule has 1 aromatic carbocycles. The SMILES string of the molecule is Cc1cc(CO)ccc1N(C)C(C)CC#N. The summed E-state index contributed by atoms with van der Waals surface area (Å²) < 4.78 is 0. The third kappa shape index (κ3) is 2.74. The van der Waals surface area contributed by atoms with Crippen molar-refractivity contribution in [1.82, 2.24) is 0 Å². The molecule has 3 nitrogen and oxygen atoms in total. The molecule has 0 heterocycles. The number of aryl methyl sites for hydroxylation is 1. The van der Waals surface area contributed by atoms with Gasteiger partial charge in [-0.2, -0.15) is 5.26 Å². The van der Waals surface area contributed by atoms with Crippen molar-refractivity contribution in [2.45, 2.75) is 32.9 Å². The van der Waals surface area contributed by atoms with Crippen LogP contribution in [0.4, 0.5) is 5.69 Å². The Bertz CT molecular complexity index is 395. The van der Waals surface area contributed by atoms with Crippen LogP contribution in [0.15, 0.2) is 18.2 Å². The second-order valence-electron chi connectivity index (χ2n) is 4.10. The molecule has 0 aromatic heterocycles. The molecular weight excluding hydrogens is 200 g/mol. The van der Waals surface area contributed by atoms with Crippen LogP contribution in [0.25, 0.3) is 0 Å². The predicted molar refractivity (Wildman–Crippen MR) is 65.2 cm³/mol. The number of anilines is 1. The standard InChI is InChI=1S/C13H18N2O/c1-10-8-12(9-16)4-5-13(10)15(3)11(2)6-7-14/h4-5,8,11,16H,6,9H2,1-3H3. The van der Waals surface area contributed by atoms with Gasteiger partial charge in [-0.3, -0.25) is 0 Å². The maximum absolute atomic E-state index is 9.03. The molecule has 0 radical (unpaired) electrons. The number of nitrogens with zero attached hydrogens (tertiary/aromatic N) is 2. The minimum atomic E-state index is 0.0680. The smallest absolute Gasteiger partial charge is 0.0681 e. The van der Waals surface area contributed by atoms with Crippen LogP contribution in [-0.2, 0) is 6.61 Å². The number of aliphatic hydroxyl groups excluding tert-OH is 1. The predicted octanol–water partition coefficient (Wildman–Crippen LogP) is 2.23. The van der Waals surface area contributed by atoms with Gasteiger partial charge in [0.25, 0.3) is 0 Å². The average Bonchev–Trinajstić information content (AvgIpc) is 2.28. The Morgan fingerprint density at radius 3 is 2.69 bits per heavy atom. The van der Waals surface area contributed by atoms with E-state index in [1.807, 2.05) is 39.1 Å². The van der Waals surface area contributed by atoms with Crippen LogP contribution in [0.3, 0.4) is 0 Å². The summed E-state index contributed by atoms with van der Waals surface area (Å²) in [7, 11) is 1.99. The number of nitriles is 1. The lowest BCUT2D eigenvalue weighted by molar-refractivity contribution is 0.282. The summed E-state index contributed by atoms with van der Waals surface area (Å²) in [5, 5.41) is 17.7. The zero-order chi connectivity index (χ0) is 12.1. The van der Waals surface area contributed by atoms with Gasteiger partial charge in [-0.25, -0.2) is 0 Å². The third-order valence-electron chi connectivity index (χ3n) is 2.87. The molecule has 1 rings (SSSR count). The van der Waals surface area contributed by atoms with Gasteiger partial charge in [-0.15, -0.1) is 0 Å². The Morgan fingerprint density at radius 2 is 2.19 bits per heavy atom. The molecule has 0 aliphatic carbocycles. The highest BCUT2D eigenvalue weighted by molar-refractivity contribution is 5.54. The fourth-order valence-electron chi connectivity index (χ4n) is 1.72. The van der Waals surface area contributed by atoms with Crippen molar-refractivity contribution < 1.29 is 5.11 Å². The minimum absolute atomic E-state index is 0.0680. The van der Waals surface area contributed by atoms with E-state index in [0.717, 1.165) is 16.8 Å². The van der Waals surface area contributed by atoms with Crippen LogP contribution in [0, 0.1) is 18.3 Å². The highest BCUT2D eigenvalue weighted by atomic mass is 16.3. The number of rotatable bonds is 4. The molecule has 3 heteroatoms. The molecule has 1 N–H and O–H groups in total. The molecule has 16 heavy (non-hydrogen) atoms. The Morgan fingerprint density at radius 1 is 1.50 bits per heavy atom. The zero-order valence-corrected chi connectivity index (χ0v) is 10.1. The molecule has 0 saturated heterocycles. The van der Waals surface area contributed by atoms with Gasteiger partial charge >= 0.3 is 0 Å². The largest absolute Gasteiger partial charge is 0.392 e. The van der Waals surface area contributed by atoms with E-state index in [0.29, 0.717) is 6.42 Å². The first-order valence-corrected chi connectivity index (χ1v) is 5.40. The minimum Gasteiger partial charge on any atom is -0.392 e. The number of aliphatic hydroxyl groups is 1. The number of hydrogen-bond donors (Lipinski definition) is 1. The Hall–Kier alpha value is -1.53. The van der Waals surface area contributed by atoms with Crippen LogP contribution in [-0.4, -0.2) is 18.2 Å². The summed E-state index contributed by atoms with van der Waals surface area (Å²) in [6, 6.07) is 8.26. The van der Waals surface area contributed by atoms with Gasteiger partial charge < -0.3 is 10.0 Å². The first kappa shape index (κ1) is 12.5. The summed E-state index contributed by atoms with van der Waals surface area (Å²) in [6.45, 7) is 4.12. The van der Waals surface area contributed by atoms with Gasteiger partial charge in [0.1, 0.15) is 0 Å². The molecule has 0 saturated carbocycles. The molecule has 0 spiro atoms. The van der Waals surface area contributed by atoms with E-state index >= 15 is 0 Å². The molecule has 0 aliphatic rings. The zero-order valence-electron chi connectivity index (χ0n) is 10.1. The molecule has 1 atom stereocenters. The average molecular weight is 218 g/mol. The molecule has 86 valence electrons. The van der Waals surface area contributed by atoms with Crippen molar-refractivity contribution in [2.24, 2.45) is 0 Å². The molecular formula is C13H18N2O. The lowest BCUT2D eigenvalue weighted by atomic mass is 10.1. The summed E-state index contributed by atoms with van der Waals surface area (Å²) in [6.07, 6.45) is 0.512. The molecule has 0 fully saturated rings. The number of benzene rings is 1. The van der Waals surface area contributed by atoms with Crippen molar-refractivity contribution in [1.29, 1.82) is 5.26 Å². The summed E-state index contributed by atoms with van der Waals surface area (Å²) in [5.74, 6) is 0. The Kier molecular flexibility index (Phi) is 4.33. The lowest BCUT2D eigenvalue weighted by Gasteiger charge is -2.27. The highest BCUT2D eigenvalue weighted by Crippen LogP contribution is 2.22. The van der Waals surface area contributed by atoms with E-state index in [9.17, 15) is 0 Å². The molecule has 0 bridgehead atoms. The molecule has 1 aromatic rings. The van der Waals surface area contributed by atoms with E-state index in [2.05, 4.69) is 11.0 Å². The van der Waals surface area contributed by atoms with E-state index in [-0.39, 0.29) is 12.6 Å². The fraction of sp³-hybridized carbons (Fsp3) is 0.462. The van der Waals surface area contributed by atoms with Crippen LogP contribution in [0.1, 0.15) is 24.5 Å². The summed E-state index contributed by atoms with van der Waals surface area (Å²) in [4.78, 5) is 2.10. The van der Waals surface area contributed by atoms with Crippen LogP contribution in [0.5, 0.6) is 0 Å². The second-order valence-corrected chi connectivity index (χ2v) is 4.10. The van der Waals surface area contributed by atoms with Gasteiger partial charge in [0, 0.05) is 18.8 Å². The summed E-state index contributed by atoms with van der Waals surface area (Å²) >= 11 is 0. The molecule has 1 unspecified atom stereocenters. The number of hydrogen-bond acceptors (Lipinski definition) is 3. The van der Waals surface area contributed by atoms with Crippen molar-refractivity contribution in [3.63, 3.8) is 0 Å². The maximum atomic E-state index is 9.03. The van der Waals surface area contributed by atoms with Gasteiger partial charge in [0.2, 0.25) is 0 Å². The quantitative estimate of drug-likeness (QED) is 0.843. The van der Waals surface area contributed by atoms with Gasteiger partial charge in [0.15, 0.2) is 0 Å². The van der Waals surface area contributed by atoms with Crippen LogP contribution < -0.4 is 4.90 Å². The third-order valence-corrected chi connectivity index (χ3v) is 2.87. The maximum Gasteiger partial charge on any atom is 0.0681 e. The van der Waals surface area contributed by atoms with Crippen LogP contribution in [0.2, 0.25) is 0 Å². The van der Waals surface area contributed by atoms with Gasteiger partial charge in [0.05, 0.1) is 19.1 Å². The second kappa shape index (κ2) is 5.53. The molecule has 0 aliphatic heterocycles. The monoisotopic (exact) mass is 218 g/mol. The fourth-order valence-corrected chi connectivity index (χ4v) is 1.72. The lowest BCUT2D eigenvalue weighted by Crippen LogP contribution is -2.28. The first-order chi connectivity index (χ1) is 7.60. The van der Waals surface area contributed by atoms with Crippen LogP contribution >= 0.6 is 0 Å². The van der Waals surface area contributed by atoms with E-state index in [1.165, 1.54) is 0 Å². The van der Waals surface area contributed by atoms with Crippen molar-refractivity contribution in [3.05, 3.63) is 29.3 Å². The van der Waals surface area contributed by atoms with E-state index in [4.69, 9.17) is 10.4 Å². The van der Waals surface area contributed by atoms with Gasteiger partial charge in [-0.1, -0.05) is 12.1 Å². The van der Waals surface area contributed by atoms with E-state index < -0.39 is 0 Å². The normalized spacial score (nSPS) is 11.9. The Labute approximate surface area is 96.9 Å².